The third-order valence-corrected chi connectivity index (χ3v) is 4.36. The Morgan fingerprint density at radius 1 is 1.36 bits per heavy atom. The first-order valence-corrected chi connectivity index (χ1v) is 9.66. The molecule has 136 valence electrons. The monoisotopic (exact) mass is 369 g/mol. The van der Waals surface area contributed by atoms with Crippen LogP contribution < -0.4 is 0 Å². The molecule has 3 rings (SSSR count). The summed E-state index contributed by atoms with van der Waals surface area (Å²) in [6.07, 6.45) is 10.7. The van der Waals surface area contributed by atoms with Crippen molar-refractivity contribution in [3.05, 3.63) is 48.0 Å². The second kappa shape index (κ2) is 7.32. The number of rotatable bonds is 6. The smallest absolute Gasteiger partial charge is 0.417 e. The van der Waals surface area contributed by atoms with E-state index in [1.54, 1.807) is 0 Å². The molecule has 2 heterocycles. The van der Waals surface area contributed by atoms with Crippen molar-refractivity contribution in [1.82, 2.24) is 4.90 Å². The number of carbonyl (C=O) groups is 1. The normalized spacial score (nSPS) is 23.2. The van der Waals surface area contributed by atoms with Crippen molar-refractivity contribution in [2.45, 2.75) is 25.4 Å². The van der Waals surface area contributed by atoms with Crippen molar-refractivity contribution in [3.63, 3.8) is 0 Å². The van der Waals surface area contributed by atoms with E-state index in [0.29, 0.717) is 5.76 Å². The van der Waals surface area contributed by atoms with Gasteiger partial charge in [0.2, 0.25) is 5.88 Å². The van der Waals surface area contributed by atoms with Crippen molar-refractivity contribution in [1.29, 1.82) is 0 Å². The van der Waals surface area contributed by atoms with Gasteiger partial charge < -0.3 is 14.2 Å². The highest BCUT2D eigenvalue weighted by Crippen LogP contribution is 2.29. The molecule has 0 aromatic rings. The van der Waals surface area contributed by atoms with Gasteiger partial charge in [-0.15, -0.1) is 0 Å². The average Bonchev–Trinajstić information content (AvgIpc) is 2.95. The number of carbonyl (C=O) groups excluding carboxylic acids is 1. The van der Waals surface area contributed by atoms with E-state index in [1.807, 2.05) is 12.2 Å². The summed E-state index contributed by atoms with van der Waals surface area (Å²) in [7, 11) is -3.51. The predicted octanol–water partition coefficient (Wildman–Crippen LogP) is 2.14. The summed E-state index contributed by atoms with van der Waals surface area (Å²) in [5, 5.41) is 0. The summed E-state index contributed by atoms with van der Waals surface area (Å²) < 4.78 is 42.9. The summed E-state index contributed by atoms with van der Waals surface area (Å²) in [6, 6.07) is 0. The Morgan fingerprint density at radius 3 is 2.92 bits per heavy atom. The van der Waals surface area contributed by atoms with Crippen LogP contribution in [0.3, 0.4) is 0 Å². The number of cyclic esters (lactones) is 1. The molecule has 1 unspecified atom stereocenters. The number of hydrogen-bond donors (Lipinski definition) is 0. The molecule has 1 aliphatic carbocycles. The van der Waals surface area contributed by atoms with E-state index in [2.05, 4.69) is 10.3 Å². The van der Waals surface area contributed by atoms with E-state index >= 15 is 0 Å². The van der Waals surface area contributed by atoms with Crippen molar-refractivity contribution in [3.8, 4) is 0 Å². The van der Waals surface area contributed by atoms with Gasteiger partial charge in [0.05, 0.1) is 19.4 Å². The van der Waals surface area contributed by atoms with Gasteiger partial charge in [-0.25, -0.2) is 9.69 Å². The Balaban J connectivity index is 1.57. The van der Waals surface area contributed by atoms with Gasteiger partial charge in [-0.2, -0.15) is 8.42 Å². The first-order valence-electron chi connectivity index (χ1n) is 7.84. The van der Waals surface area contributed by atoms with Crippen LogP contribution in [-0.4, -0.2) is 44.9 Å². The second-order valence-corrected chi connectivity index (χ2v) is 7.41. The number of allylic oxidation sites excluding steroid dienone is 4. The topological polar surface area (TPSA) is 91.4 Å². The average molecular weight is 369 g/mol. The molecule has 0 aromatic carbocycles. The van der Waals surface area contributed by atoms with Gasteiger partial charge in [0.1, 0.15) is 12.4 Å². The molecule has 0 bridgehead atoms. The molecular weight excluding hydrogens is 350 g/mol. The second-order valence-electron chi connectivity index (χ2n) is 5.77. The summed E-state index contributed by atoms with van der Waals surface area (Å²) in [6.45, 7) is 0.179. The Hall–Kier alpha value is -2.26. The number of ether oxygens (including phenoxy) is 3. The Bertz CT molecular complexity index is 763. The zero-order chi connectivity index (χ0) is 17.9. The zero-order valence-electron chi connectivity index (χ0n) is 13.7. The minimum absolute atomic E-state index is 0.0502. The number of hydrogen-bond acceptors (Lipinski definition) is 7. The lowest BCUT2D eigenvalue weighted by atomic mass is 10.0. The van der Waals surface area contributed by atoms with Gasteiger partial charge in [-0.05, 0) is 18.4 Å². The summed E-state index contributed by atoms with van der Waals surface area (Å²) >= 11 is 0. The highest BCUT2D eigenvalue weighted by atomic mass is 32.2. The fraction of sp³-hybridized carbons (Fsp3) is 0.438. The first kappa shape index (κ1) is 17.6. The van der Waals surface area contributed by atoms with Crippen LogP contribution in [0.5, 0.6) is 0 Å². The third kappa shape index (κ3) is 4.64. The molecule has 0 saturated carbocycles. The van der Waals surface area contributed by atoms with E-state index in [4.69, 9.17) is 14.2 Å². The molecule has 1 amide bonds. The molecule has 1 atom stereocenters. The standard InChI is InChI=1S/C16H19NO7S/c1-25(19,20)22-8-7-13-9-17(16(18)23-13)15-11-21-10-14(24-15)12-5-3-2-4-6-12/h2-3,5,10-11,13H,4,6-9H2,1H3. The highest BCUT2D eigenvalue weighted by Gasteiger charge is 2.36. The van der Waals surface area contributed by atoms with Gasteiger partial charge in [0, 0.05) is 6.42 Å². The fourth-order valence-electron chi connectivity index (χ4n) is 2.57. The van der Waals surface area contributed by atoms with Gasteiger partial charge >= 0.3 is 6.09 Å². The SMILES string of the molecule is CS(=O)(=O)OCCC1CN(C2=COC=C(C3=CC=CCC3)O2)C(=O)O1. The van der Waals surface area contributed by atoms with Crippen molar-refractivity contribution in [2.24, 2.45) is 0 Å². The largest absolute Gasteiger partial charge is 0.463 e. The maximum absolute atomic E-state index is 12.0. The summed E-state index contributed by atoms with van der Waals surface area (Å²) in [5.41, 5.74) is 0.985. The van der Waals surface area contributed by atoms with Crippen molar-refractivity contribution in [2.75, 3.05) is 19.4 Å². The van der Waals surface area contributed by atoms with Crippen molar-refractivity contribution < 1.29 is 31.6 Å². The molecule has 0 N–H and O–H groups in total. The Kier molecular flexibility index (Phi) is 5.14. The van der Waals surface area contributed by atoms with Gasteiger partial charge in [-0.1, -0.05) is 18.2 Å². The van der Waals surface area contributed by atoms with Crippen LogP contribution in [0.2, 0.25) is 0 Å². The molecule has 0 spiro atoms. The first-order chi connectivity index (χ1) is 11.9. The van der Waals surface area contributed by atoms with E-state index in [-0.39, 0.29) is 25.5 Å². The maximum Gasteiger partial charge on any atom is 0.417 e. The Labute approximate surface area is 146 Å². The van der Waals surface area contributed by atoms with Crippen molar-refractivity contribution >= 4 is 16.2 Å². The lowest BCUT2D eigenvalue weighted by molar-refractivity contribution is 0.113. The van der Waals surface area contributed by atoms with Crippen LogP contribution in [0.15, 0.2) is 48.0 Å². The molecule has 3 aliphatic rings. The lowest BCUT2D eigenvalue weighted by Gasteiger charge is -2.23. The molecular formula is C16H19NO7S. The number of nitrogens with zero attached hydrogens (tertiary/aromatic N) is 1. The Morgan fingerprint density at radius 2 is 2.20 bits per heavy atom. The number of amides is 1. The predicted molar refractivity (Wildman–Crippen MR) is 87.2 cm³/mol. The molecule has 0 aromatic heterocycles. The molecule has 2 aliphatic heterocycles. The van der Waals surface area contributed by atoms with E-state index in [9.17, 15) is 13.2 Å². The minimum Gasteiger partial charge on any atom is -0.463 e. The molecule has 25 heavy (non-hydrogen) atoms. The van der Waals surface area contributed by atoms with Crippen LogP contribution in [0.4, 0.5) is 4.79 Å². The zero-order valence-corrected chi connectivity index (χ0v) is 14.5. The quantitative estimate of drug-likeness (QED) is 0.662. The van der Waals surface area contributed by atoms with Gasteiger partial charge in [0.25, 0.3) is 10.1 Å². The van der Waals surface area contributed by atoms with Gasteiger partial charge in [0.15, 0.2) is 12.0 Å². The highest BCUT2D eigenvalue weighted by molar-refractivity contribution is 7.85. The van der Waals surface area contributed by atoms with Crippen LogP contribution in [0.25, 0.3) is 0 Å². The molecule has 9 heteroatoms. The summed E-state index contributed by atoms with van der Waals surface area (Å²) in [4.78, 5) is 13.4. The van der Waals surface area contributed by atoms with E-state index in [1.165, 1.54) is 17.4 Å². The molecule has 8 nitrogen and oxygen atoms in total. The molecule has 1 fully saturated rings. The van der Waals surface area contributed by atoms with E-state index < -0.39 is 22.3 Å². The molecule has 0 radical (unpaired) electrons. The van der Waals surface area contributed by atoms with Gasteiger partial charge in [-0.3, -0.25) is 4.18 Å². The minimum atomic E-state index is -3.51. The van der Waals surface area contributed by atoms with Crippen LogP contribution in [-0.2, 0) is 28.5 Å². The lowest BCUT2D eigenvalue weighted by Crippen LogP contribution is -2.27. The maximum atomic E-state index is 12.0. The van der Waals surface area contributed by atoms with E-state index in [0.717, 1.165) is 24.7 Å². The van der Waals surface area contributed by atoms with Crippen LogP contribution in [0, 0.1) is 0 Å². The molecule has 1 saturated heterocycles. The van der Waals surface area contributed by atoms with Crippen LogP contribution >= 0.6 is 0 Å². The fourth-order valence-corrected chi connectivity index (χ4v) is 2.96. The third-order valence-electron chi connectivity index (χ3n) is 3.77. The summed E-state index contributed by atoms with van der Waals surface area (Å²) in [5.74, 6) is 0.794. The van der Waals surface area contributed by atoms with Crippen LogP contribution in [0.1, 0.15) is 19.3 Å².